The zero-order chi connectivity index (χ0) is 29.2. The minimum Gasteiger partial charge on any atom is -0.494 e. The number of carbonyl (C=O) groups is 4. The smallest absolute Gasteiger partial charge is 0.253 e. The number of piperazine rings is 1. The minimum absolute atomic E-state index is 0.0814. The Kier molecular flexibility index (Phi) is 10.4. The predicted octanol–water partition coefficient (Wildman–Crippen LogP) is 2.34. The Bertz CT molecular complexity index is 1180. The van der Waals surface area contributed by atoms with E-state index in [4.69, 9.17) is 4.74 Å². The number of amides is 2. The van der Waals surface area contributed by atoms with E-state index in [2.05, 4.69) is 16.8 Å². The van der Waals surface area contributed by atoms with Crippen LogP contribution in [0, 0.1) is 5.41 Å². The molecule has 2 fully saturated rings. The van der Waals surface area contributed by atoms with Gasteiger partial charge in [-0.1, -0.05) is 13.3 Å². The number of Topliss-reactive ketones (excluding diaryl/α,β-unsaturated/α-hetero) is 1. The lowest BCUT2D eigenvalue weighted by molar-refractivity contribution is -0.146. The first-order chi connectivity index (χ1) is 19.9. The van der Waals surface area contributed by atoms with E-state index in [1.165, 1.54) is 0 Å². The number of hydrogen-bond donors (Lipinski definition) is 2. The first-order valence-electron chi connectivity index (χ1n) is 14.3. The molecule has 2 amide bonds. The third-order valence-electron chi connectivity index (χ3n) is 8.27. The summed E-state index contributed by atoms with van der Waals surface area (Å²) in [6, 6.07) is 10.4. The minimum atomic E-state index is -1.10. The molecule has 1 aromatic carbocycles. The molecule has 2 N–H and O–H groups in total. The molecule has 2 aromatic rings. The quantitative estimate of drug-likeness (QED) is 0.131. The van der Waals surface area contributed by atoms with Crippen LogP contribution in [-0.2, 0) is 14.4 Å². The van der Waals surface area contributed by atoms with Gasteiger partial charge in [-0.25, -0.2) is 5.48 Å². The van der Waals surface area contributed by atoms with Gasteiger partial charge in [0, 0.05) is 62.9 Å². The van der Waals surface area contributed by atoms with Gasteiger partial charge in [0.05, 0.1) is 18.1 Å². The second kappa shape index (κ2) is 14.2. The molecule has 2 aliphatic heterocycles. The molecular formula is C30H39N5O6. The molecule has 220 valence electrons. The number of anilines is 1. The Balaban J connectivity index is 1.41. The number of unbranched alkanes of at least 4 members (excludes halogenated alkanes) is 1. The van der Waals surface area contributed by atoms with E-state index in [-0.39, 0.29) is 38.3 Å². The number of nitrogens with one attached hydrogen (secondary N) is 1. The largest absolute Gasteiger partial charge is 0.494 e. The molecule has 2 aliphatic rings. The van der Waals surface area contributed by atoms with Crippen molar-refractivity contribution in [3.05, 3.63) is 54.4 Å². The summed E-state index contributed by atoms with van der Waals surface area (Å²) < 4.78 is 5.76. The standard InChI is InChI=1S/C30H39N5O6/c1-2-3-20-41-25-6-4-24(5-7-25)33-16-18-34(19-17-33)26(27(37)22-36)21-30(29(39)32-40)10-14-35(15-11-30)28(38)23-8-12-31-13-9-23/h4-9,12-13,22,26,40H,2-3,10-11,14-21H2,1H3,(H,32,39). The van der Waals surface area contributed by atoms with Crippen molar-refractivity contribution in [1.29, 1.82) is 0 Å². The topological polar surface area (TPSA) is 132 Å². The summed E-state index contributed by atoms with van der Waals surface area (Å²) in [6.07, 6.45) is 6.10. The number of nitrogens with zero attached hydrogens (tertiary/aromatic N) is 4. The third-order valence-corrected chi connectivity index (χ3v) is 8.27. The molecule has 11 nitrogen and oxygen atoms in total. The summed E-state index contributed by atoms with van der Waals surface area (Å²) in [4.78, 5) is 60.3. The van der Waals surface area contributed by atoms with Crippen LogP contribution in [0.15, 0.2) is 48.8 Å². The maximum Gasteiger partial charge on any atom is 0.253 e. The molecule has 0 bridgehead atoms. The van der Waals surface area contributed by atoms with Gasteiger partial charge in [0.15, 0.2) is 6.29 Å². The number of piperidine rings is 1. The molecule has 0 saturated carbocycles. The van der Waals surface area contributed by atoms with Gasteiger partial charge in [-0.15, -0.1) is 0 Å². The lowest BCUT2D eigenvalue weighted by atomic mass is 9.72. The molecule has 11 heteroatoms. The number of aromatic nitrogens is 1. The number of benzene rings is 1. The number of ketones is 1. The van der Waals surface area contributed by atoms with Crippen LogP contribution in [0.3, 0.4) is 0 Å². The highest BCUT2D eigenvalue weighted by Crippen LogP contribution is 2.38. The van der Waals surface area contributed by atoms with Gasteiger partial charge in [-0.05, 0) is 62.1 Å². The number of hydrogen-bond acceptors (Lipinski definition) is 9. The van der Waals surface area contributed by atoms with E-state index >= 15 is 0 Å². The fourth-order valence-corrected chi connectivity index (χ4v) is 5.69. The molecule has 2 saturated heterocycles. The first kappa shape index (κ1) is 30.1. The predicted molar refractivity (Wildman–Crippen MR) is 152 cm³/mol. The molecule has 0 radical (unpaired) electrons. The second-order valence-corrected chi connectivity index (χ2v) is 10.7. The Morgan fingerprint density at radius 1 is 1.02 bits per heavy atom. The summed E-state index contributed by atoms with van der Waals surface area (Å²) in [7, 11) is 0. The van der Waals surface area contributed by atoms with Crippen molar-refractivity contribution in [3.8, 4) is 5.75 Å². The SMILES string of the molecule is CCCCOc1ccc(N2CCN(C(CC3(C(=O)NO)CCN(C(=O)c4ccncc4)CC3)C(=O)C=O)CC2)cc1. The van der Waals surface area contributed by atoms with E-state index in [0.717, 1.165) is 24.3 Å². The van der Waals surface area contributed by atoms with Crippen LogP contribution >= 0.6 is 0 Å². The third kappa shape index (κ3) is 7.28. The van der Waals surface area contributed by atoms with Gasteiger partial charge in [0.25, 0.3) is 5.91 Å². The van der Waals surface area contributed by atoms with E-state index in [9.17, 15) is 24.4 Å². The molecule has 0 aliphatic carbocycles. The van der Waals surface area contributed by atoms with Crippen LogP contribution in [0.5, 0.6) is 5.75 Å². The van der Waals surface area contributed by atoms with Gasteiger partial charge in [-0.2, -0.15) is 0 Å². The van der Waals surface area contributed by atoms with Crippen LogP contribution in [-0.4, -0.2) is 95.8 Å². The molecule has 1 unspecified atom stereocenters. The van der Waals surface area contributed by atoms with Crippen LogP contribution < -0.4 is 15.1 Å². The van der Waals surface area contributed by atoms with Crippen LogP contribution in [0.25, 0.3) is 0 Å². The van der Waals surface area contributed by atoms with Crippen LogP contribution in [0.1, 0.15) is 49.4 Å². The molecule has 0 spiro atoms. The molecule has 3 heterocycles. The lowest BCUT2D eigenvalue weighted by Gasteiger charge is -2.45. The van der Waals surface area contributed by atoms with E-state index < -0.39 is 23.1 Å². The average molecular weight is 566 g/mol. The first-order valence-corrected chi connectivity index (χ1v) is 14.3. The van der Waals surface area contributed by atoms with Crippen molar-refractivity contribution in [1.82, 2.24) is 20.3 Å². The van der Waals surface area contributed by atoms with Crippen molar-refractivity contribution >= 4 is 29.6 Å². The van der Waals surface area contributed by atoms with Crippen molar-refractivity contribution in [2.24, 2.45) is 5.41 Å². The number of rotatable bonds is 12. The number of pyridine rings is 1. The molecular weight excluding hydrogens is 526 g/mol. The zero-order valence-corrected chi connectivity index (χ0v) is 23.5. The molecule has 1 aromatic heterocycles. The second-order valence-electron chi connectivity index (χ2n) is 10.7. The number of aldehydes is 1. The Morgan fingerprint density at radius 3 is 2.27 bits per heavy atom. The molecule has 41 heavy (non-hydrogen) atoms. The fourth-order valence-electron chi connectivity index (χ4n) is 5.69. The van der Waals surface area contributed by atoms with Crippen LogP contribution in [0.2, 0.25) is 0 Å². The Hall–Kier alpha value is -3.83. The summed E-state index contributed by atoms with van der Waals surface area (Å²) in [5.74, 6) is -0.523. The Morgan fingerprint density at radius 2 is 1.68 bits per heavy atom. The van der Waals surface area contributed by atoms with E-state index in [1.54, 1.807) is 34.9 Å². The van der Waals surface area contributed by atoms with Gasteiger partial charge < -0.3 is 14.5 Å². The van der Waals surface area contributed by atoms with E-state index in [1.807, 2.05) is 29.2 Å². The summed E-state index contributed by atoms with van der Waals surface area (Å²) in [5.41, 5.74) is 2.23. The van der Waals surface area contributed by atoms with Crippen LogP contribution in [0.4, 0.5) is 5.69 Å². The van der Waals surface area contributed by atoms with E-state index in [0.29, 0.717) is 44.6 Å². The highest BCUT2D eigenvalue weighted by atomic mass is 16.5. The summed E-state index contributed by atoms with van der Waals surface area (Å²) in [5, 5.41) is 9.59. The number of ether oxygens (including phenoxy) is 1. The monoisotopic (exact) mass is 565 g/mol. The highest BCUT2D eigenvalue weighted by Gasteiger charge is 2.46. The molecule has 1 atom stereocenters. The number of carbonyl (C=O) groups excluding carboxylic acids is 4. The maximum absolute atomic E-state index is 13.0. The van der Waals surface area contributed by atoms with Crippen molar-refractivity contribution < 1.29 is 29.1 Å². The summed E-state index contributed by atoms with van der Waals surface area (Å²) >= 11 is 0. The lowest BCUT2D eigenvalue weighted by Crippen LogP contribution is -2.57. The normalized spacial score (nSPS) is 17.9. The van der Waals surface area contributed by atoms with Gasteiger partial charge in [0.2, 0.25) is 11.7 Å². The van der Waals surface area contributed by atoms with Crippen molar-refractivity contribution in [2.45, 2.75) is 45.1 Å². The number of likely N-dealkylation sites (tertiary alicyclic amines) is 1. The van der Waals surface area contributed by atoms with Gasteiger partial charge in [0.1, 0.15) is 5.75 Å². The van der Waals surface area contributed by atoms with Gasteiger partial charge in [-0.3, -0.25) is 34.3 Å². The fraction of sp³-hybridized carbons (Fsp3) is 0.500. The number of hydroxylamine groups is 1. The highest BCUT2D eigenvalue weighted by molar-refractivity contribution is 6.27. The average Bonchev–Trinajstić information content (AvgIpc) is 3.04. The molecule has 4 rings (SSSR count). The van der Waals surface area contributed by atoms with Crippen molar-refractivity contribution in [3.63, 3.8) is 0 Å². The van der Waals surface area contributed by atoms with Crippen molar-refractivity contribution in [2.75, 3.05) is 50.8 Å². The van der Waals surface area contributed by atoms with Gasteiger partial charge >= 0.3 is 0 Å². The maximum atomic E-state index is 13.0. The zero-order valence-electron chi connectivity index (χ0n) is 23.5. The Labute approximate surface area is 240 Å². The summed E-state index contributed by atoms with van der Waals surface area (Å²) in [6.45, 7) is 5.72.